The number of carbonyl (C=O) groups is 1. The topological polar surface area (TPSA) is 38.3 Å². The Morgan fingerprint density at radius 3 is 2.40 bits per heavy atom. The molecule has 2 unspecified atom stereocenters. The number of nitrogens with one attached hydrogen (secondary N) is 1. The first-order valence-corrected chi connectivity index (χ1v) is 5.88. The summed E-state index contributed by atoms with van der Waals surface area (Å²) in [5, 5.41) is 3.39. The van der Waals surface area contributed by atoms with Crippen molar-refractivity contribution in [2.24, 2.45) is 11.8 Å². The molecule has 1 aliphatic carbocycles. The highest BCUT2D eigenvalue weighted by Crippen LogP contribution is 2.32. The average molecular weight is 213 g/mol. The van der Waals surface area contributed by atoms with Crippen molar-refractivity contribution < 1.29 is 9.53 Å². The van der Waals surface area contributed by atoms with E-state index in [1.165, 1.54) is 20.0 Å². The molecule has 0 spiro atoms. The third kappa shape index (κ3) is 4.20. The summed E-state index contributed by atoms with van der Waals surface area (Å²) in [5.41, 5.74) is 0. The first-order valence-electron chi connectivity index (χ1n) is 5.88. The molecule has 0 aromatic carbocycles. The van der Waals surface area contributed by atoms with Crippen LogP contribution in [0.4, 0.5) is 0 Å². The fourth-order valence-electron chi connectivity index (χ4n) is 1.90. The Labute approximate surface area is 92.6 Å². The largest absolute Gasteiger partial charge is 0.468 e. The lowest BCUT2D eigenvalue weighted by molar-refractivity contribution is -0.143. The molecule has 2 atom stereocenters. The third-order valence-electron chi connectivity index (χ3n) is 2.99. The Bertz CT molecular complexity index is 212. The highest BCUT2D eigenvalue weighted by atomic mass is 16.5. The minimum absolute atomic E-state index is 0.129. The van der Waals surface area contributed by atoms with E-state index < -0.39 is 0 Å². The number of methoxy groups -OCH3 is 1. The Balaban J connectivity index is 2.43. The van der Waals surface area contributed by atoms with Crippen LogP contribution in [0, 0.1) is 11.8 Å². The second-order valence-corrected chi connectivity index (χ2v) is 5.00. The normalized spacial score (nSPS) is 20.1. The van der Waals surface area contributed by atoms with E-state index in [-0.39, 0.29) is 12.0 Å². The number of hydrogen-bond acceptors (Lipinski definition) is 3. The van der Waals surface area contributed by atoms with Crippen molar-refractivity contribution in [3.8, 4) is 0 Å². The first kappa shape index (κ1) is 12.5. The lowest BCUT2D eigenvalue weighted by Crippen LogP contribution is -2.44. The maximum atomic E-state index is 11.5. The van der Waals surface area contributed by atoms with E-state index in [0.29, 0.717) is 12.0 Å². The van der Waals surface area contributed by atoms with Gasteiger partial charge in [-0.3, -0.25) is 4.79 Å². The summed E-state index contributed by atoms with van der Waals surface area (Å²) in [4.78, 5) is 11.5. The maximum Gasteiger partial charge on any atom is 0.322 e. The van der Waals surface area contributed by atoms with Gasteiger partial charge in [0, 0.05) is 6.04 Å². The van der Waals surface area contributed by atoms with Crippen molar-refractivity contribution >= 4 is 5.97 Å². The molecule has 0 radical (unpaired) electrons. The van der Waals surface area contributed by atoms with Gasteiger partial charge in [0.2, 0.25) is 0 Å². The van der Waals surface area contributed by atoms with E-state index in [2.05, 4.69) is 26.1 Å². The molecule has 0 amide bonds. The predicted octanol–water partition coefficient (Wildman–Crippen LogP) is 1.96. The molecule has 0 aliphatic heterocycles. The van der Waals surface area contributed by atoms with Crippen LogP contribution >= 0.6 is 0 Å². The number of rotatable bonds is 6. The van der Waals surface area contributed by atoms with Crippen molar-refractivity contribution in [1.29, 1.82) is 0 Å². The summed E-state index contributed by atoms with van der Waals surface area (Å²) in [6, 6.07) is 0.304. The fourth-order valence-corrected chi connectivity index (χ4v) is 1.90. The zero-order chi connectivity index (χ0) is 11.4. The van der Waals surface area contributed by atoms with Gasteiger partial charge in [0.1, 0.15) is 6.04 Å². The molecule has 0 bridgehead atoms. The van der Waals surface area contributed by atoms with Crippen LogP contribution in [0.5, 0.6) is 0 Å². The van der Waals surface area contributed by atoms with Crippen molar-refractivity contribution in [1.82, 2.24) is 5.32 Å². The van der Waals surface area contributed by atoms with Crippen molar-refractivity contribution in [2.45, 2.75) is 52.1 Å². The number of hydrogen-bond donors (Lipinski definition) is 1. The van der Waals surface area contributed by atoms with Gasteiger partial charge >= 0.3 is 5.97 Å². The summed E-state index contributed by atoms with van der Waals surface area (Å²) in [7, 11) is 1.46. The van der Waals surface area contributed by atoms with Crippen LogP contribution < -0.4 is 5.32 Å². The summed E-state index contributed by atoms with van der Waals surface area (Å²) < 4.78 is 4.81. The second-order valence-electron chi connectivity index (χ2n) is 5.00. The van der Waals surface area contributed by atoms with Crippen LogP contribution in [-0.4, -0.2) is 25.2 Å². The van der Waals surface area contributed by atoms with Gasteiger partial charge in [0.25, 0.3) is 0 Å². The molecule has 1 rings (SSSR count). The molecular weight excluding hydrogens is 190 g/mol. The number of esters is 1. The lowest BCUT2D eigenvalue weighted by Gasteiger charge is -2.22. The number of carbonyl (C=O) groups excluding carboxylic acids is 1. The van der Waals surface area contributed by atoms with Crippen LogP contribution in [0.2, 0.25) is 0 Å². The van der Waals surface area contributed by atoms with Gasteiger partial charge in [-0.2, -0.15) is 0 Å². The van der Waals surface area contributed by atoms with Crippen molar-refractivity contribution in [3.63, 3.8) is 0 Å². The van der Waals surface area contributed by atoms with Gasteiger partial charge in [-0.05, 0) is 38.0 Å². The van der Waals surface area contributed by atoms with E-state index in [4.69, 9.17) is 4.74 Å². The highest BCUT2D eigenvalue weighted by Gasteiger charge is 2.31. The standard InChI is InChI=1S/C12H23NO2/c1-8(2)7-11(12(14)15-4)13-9(3)10-5-6-10/h8-11,13H,5-7H2,1-4H3. The summed E-state index contributed by atoms with van der Waals surface area (Å²) in [5.74, 6) is 1.15. The Morgan fingerprint density at radius 1 is 1.40 bits per heavy atom. The van der Waals surface area contributed by atoms with Gasteiger partial charge in [0.15, 0.2) is 0 Å². The van der Waals surface area contributed by atoms with Gasteiger partial charge in [-0.1, -0.05) is 13.8 Å². The monoisotopic (exact) mass is 213 g/mol. The molecule has 88 valence electrons. The highest BCUT2D eigenvalue weighted by molar-refractivity contribution is 5.75. The molecule has 1 saturated carbocycles. The third-order valence-corrected chi connectivity index (χ3v) is 2.99. The molecule has 3 nitrogen and oxygen atoms in total. The van der Waals surface area contributed by atoms with E-state index in [1.54, 1.807) is 0 Å². The maximum absolute atomic E-state index is 11.5. The predicted molar refractivity (Wildman–Crippen MR) is 60.6 cm³/mol. The fraction of sp³-hybridized carbons (Fsp3) is 0.917. The Hall–Kier alpha value is -0.570. The molecule has 1 fully saturated rings. The molecule has 0 aromatic heterocycles. The SMILES string of the molecule is COC(=O)C(CC(C)C)NC(C)C1CC1. The van der Waals surface area contributed by atoms with E-state index in [0.717, 1.165) is 12.3 Å². The van der Waals surface area contributed by atoms with E-state index in [1.807, 2.05) is 0 Å². The molecule has 0 heterocycles. The summed E-state index contributed by atoms with van der Waals surface area (Å²) in [6.45, 7) is 6.41. The average Bonchev–Trinajstić information content (AvgIpc) is 2.97. The van der Waals surface area contributed by atoms with Gasteiger partial charge in [-0.15, -0.1) is 0 Å². The molecule has 0 aromatic rings. The van der Waals surface area contributed by atoms with Gasteiger partial charge in [-0.25, -0.2) is 0 Å². The van der Waals surface area contributed by atoms with E-state index in [9.17, 15) is 4.79 Å². The van der Waals surface area contributed by atoms with E-state index >= 15 is 0 Å². The van der Waals surface area contributed by atoms with Gasteiger partial charge in [0.05, 0.1) is 7.11 Å². The quantitative estimate of drug-likeness (QED) is 0.685. The molecular formula is C12H23NO2. The van der Waals surface area contributed by atoms with Crippen LogP contribution in [0.1, 0.15) is 40.0 Å². The Kier molecular flexibility index (Phi) is 4.58. The smallest absolute Gasteiger partial charge is 0.322 e. The zero-order valence-electron chi connectivity index (χ0n) is 10.2. The van der Waals surface area contributed by atoms with Gasteiger partial charge < -0.3 is 10.1 Å². The van der Waals surface area contributed by atoms with Crippen LogP contribution in [0.15, 0.2) is 0 Å². The van der Waals surface area contributed by atoms with Crippen LogP contribution in [0.3, 0.4) is 0 Å². The molecule has 3 heteroatoms. The molecule has 1 aliphatic rings. The van der Waals surface area contributed by atoms with Crippen LogP contribution in [0.25, 0.3) is 0 Å². The molecule has 1 N–H and O–H groups in total. The first-order chi connectivity index (χ1) is 7.04. The van der Waals surface area contributed by atoms with Crippen LogP contribution in [-0.2, 0) is 9.53 Å². The van der Waals surface area contributed by atoms with Crippen molar-refractivity contribution in [2.75, 3.05) is 7.11 Å². The lowest BCUT2D eigenvalue weighted by atomic mass is 10.0. The van der Waals surface area contributed by atoms with Crippen molar-refractivity contribution in [3.05, 3.63) is 0 Å². The second kappa shape index (κ2) is 5.50. The number of ether oxygens (including phenoxy) is 1. The summed E-state index contributed by atoms with van der Waals surface area (Å²) >= 11 is 0. The Morgan fingerprint density at radius 2 is 2.00 bits per heavy atom. The zero-order valence-corrected chi connectivity index (χ0v) is 10.2. The summed E-state index contributed by atoms with van der Waals surface area (Å²) in [6.07, 6.45) is 3.44. The molecule has 15 heavy (non-hydrogen) atoms. The minimum Gasteiger partial charge on any atom is -0.468 e. The minimum atomic E-state index is -0.134. The molecule has 0 saturated heterocycles.